The molecule has 3 aliphatic heterocycles. The molecule has 2 amide bonds. The van der Waals surface area contributed by atoms with Crippen LogP contribution in [0.2, 0.25) is 0 Å². The Morgan fingerprint density at radius 2 is 1.58 bits per heavy atom. The van der Waals surface area contributed by atoms with Gasteiger partial charge in [-0.3, -0.25) is 9.59 Å². The van der Waals surface area contributed by atoms with E-state index < -0.39 is 76.8 Å². The fourth-order valence-electron chi connectivity index (χ4n) is 6.79. The van der Waals surface area contributed by atoms with Crippen LogP contribution in [-0.4, -0.2) is 40.8 Å². The van der Waals surface area contributed by atoms with Gasteiger partial charge in [0.25, 0.3) is 0 Å². The van der Waals surface area contributed by atoms with Crippen molar-refractivity contribution in [3.63, 3.8) is 0 Å². The first-order valence-corrected chi connectivity index (χ1v) is 13.2. The first-order valence-electron chi connectivity index (χ1n) is 13.2. The summed E-state index contributed by atoms with van der Waals surface area (Å²) < 4.78 is 91.3. The summed E-state index contributed by atoms with van der Waals surface area (Å²) in [5.74, 6) is -4.14. The molecule has 2 bridgehead atoms. The Bertz CT molecular complexity index is 1680. The molecule has 0 radical (unpaired) electrons. The predicted molar refractivity (Wildman–Crippen MR) is 138 cm³/mol. The Balaban J connectivity index is 1.32. The van der Waals surface area contributed by atoms with Crippen molar-refractivity contribution in [1.29, 1.82) is 5.26 Å². The number of amides is 2. The van der Waals surface area contributed by atoms with Crippen LogP contribution in [0.1, 0.15) is 36.5 Å². The van der Waals surface area contributed by atoms with Crippen molar-refractivity contribution >= 4 is 28.3 Å². The first kappa shape index (κ1) is 28.9. The summed E-state index contributed by atoms with van der Waals surface area (Å²) in [7, 11) is 0. The largest absolute Gasteiger partial charge is 0.493 e. The van der Waals surface area contributed by atoms with Crippen molar-refractivity contribution in [1.82, 2.24) is 0 Å². The topological polar surface area (TPSA) is 99.9 Å². The summed E-state index contributed by atoms with van der Waals surface area (Å²) in [5.41, 5.74) is -5.46. The van der Waals surface area contributed by atoms with Crippen molar-refractivity contribution in [3.8, 4) is 11.8 Å². The minimum atomic E-state index is -5.06. The molecule has 3 saturated heterocycles. The fourth-order valence-corrected chi connectivity index (χ4v) is 6.79. The number of nitriles is 1. The van der Waals surface area contributed by atoms with Crippen LogP contribution >= 0.6 is 0 Å². The third kappa shape index (κ3) is 4.34. The molecule has 3 fully saturated rings. The molecule has 13 heteroatoms. The summed E-state index contributed by atoms with van der Waals surface area (Å²) >= 11 is 0. The van der Waals surface area contributed by atoms with E-state index >= 15 is 0 Å². The zero-order valence-electron chi connectivity index (χ0n) is 22.3. The van der Waals surface area contributed by atoms with Crippen LogP contribution in [-0.2, 0) is 26.7 Å². The molecule has 1 N–H and O–H groups in total. The maximum atomic E-state index is 14.0. The van der Waals surface area contributed by atoms with Gasteiger partial charge in [-0.25, -0.2) is 4.90 Å². The zero-order valence-corrected chi connectivity index (χ0v) is 22.3. The van der Waals surface area contributed by atoms with E-state index in [0.29, 0.717) is 28.5 Å². The van der Waals surface area contributed by atoms with Gasteiger partial charge >= 0.3 is 12.4 Å². The highest BCUT2D eigenvalue weighted by atomic mass is 19.4. The van der Waals surface area contributed by atoms with Crippen LogP contribution in [0.25, 0.3) is 10.8 Å². The van der Waals surface area contributed by atoms with Crippen molar-refractivity contribution in [2.45, 2.75) is 49.4 Å². The molecule has 7 nitrogen and oxygen atoms in total. The molecule has 224 valence electrons. The SMILES string of the molecule is C[C@]12O[C@](CCOc3cc(C(F)(F)F)cc(C(F)(F)F)c3)(C[C@@H]1O)[C@H]1C(=O)N(c3ccc(C#N)c4ccccc34)C(=O)[C@H]12. The lowest BCUT2D eigenvalue weighted by atomic mass is 9.66. The molecule has 3 aromatic carbocycles. The molecule has 3 aromatic rings. The molecule has 6 rings (SSSR count). The van der Waals surface area contributed by atoms with Gasteiger partial charge in [0.1, 0.15) is 11.4 Å². The van der Waals surface area contributed by atoms with Crippen molar-refractivity contribution < 1.29 is 50.5 Å². The van der Waals surface area contributed by atoms with Crippen molar-refractivity contribution in [3.05, 3.63) is 71.3 Å². The van der Waals surface area contributed by atoms with Gasteiger partial charge in [0.2, 0.25) is 11.8 Å². The van der Waals surface area contributed by atoms with E-state index in [9.17, 15) is 46.3 Å². The summed E-state index contributed by atoms with van der Waals surface area (Å²) in [4.78, 5) is 28.8. The smallest absolute Gasteiger partial charge is 0.416 e. The Morgan fingerprint density at radius 3 is 2.19 bits per heavy atom. The number of anilines is 1. The molecule has 43 heavy (non-hydrogen) atoms. The number of nitrogens with zero attached hydrogens (tertiary/aromatic N) is 2. The lowest BCUT2D eigenvalue weighted by Gasteiger charge is -2.33. The summed E-state index contributed by atoms with van der Waals surface area (Å²) in [6, 6.07) is 12.7. The van der Waals surface area contributed by atoms with Crippen LogP contribution in [0.5, 0.6) is 5.75 Å². The molecule has 0 spiro atoms. The van der Waals surface area contributed by atoms with E-state index in [1.165, 1.54) is 19.1 Å². The van der Waals surface area contributed by atoms with Gasteiger partial charge in [-0.2, -0.15) is 31.6 Å². The second kappa shape index (κ2) is 9.42. The number of alkyl halides is 6. The molecular formula is C30H22F6N2O5. The Labute approximate surface area is 240 Å². The predicted octanol–water partition coefficient (Wildman–Crippen LogP) is 5.62. The molecule has 0 aromatic heterocycles. The van der Waals surface area contributed by atoms with Gasteiger partial charge in [0, 0.05) is 23.6 Å². The number of aliphatic hydroxyl groups excluding tert-OH is 1. The summed E-state index contributed by atoms with van der Waals surface area (Å²) in [5, 5.41) is 21.4. The summed E-state index contributed by atoms with van der Waals surface area (Å²) in [6.07, 6.45) is -11.6. The number of hydrogen-bond acceptors (Lipinski definition) is 6. The highest BCUT2D eigenvalue weighted by Gasteiger charge is 2.77. The van der Waals surface area contributed by atoms with E-state index in [2.05, 4.69) is 6.07 Å². The number of carbonyl (C=O) groups excluding carboxylic acids is 2. The molecular weight excluding hydrogens is 582 g/mol. The van der Waals surface area contributed by atoms with Crippen LogP contribution in [0, 0.1) is 23.2 Å². The quantitative estimate of drug-likeness (QED) is 0.300. The number of rotatable bonds is 5. The van der Waals surface area contributed by atoms with Gasteiger partial charge in [-0.1, -0.05) is 24.3 Å². The number of halogens is 6. The molecule has 0 unspecified atom stereocenters. The van der Waals surface area contributed by atoms with Crippen LogP contribution in [0.15, 0.2) is 54.6 Å². The molecule has 3 heterocycles. The average Bonchev–Trinajstić information content (AvgIpc) is 3.47. The highest BCUT2D eigenvalue weighted by Crippen LogP contribution is 2.62. The molecule has 5 atom stereocenters. The van der Waals surface area contributed by atoms with Gasteiger partial charge < -0.3 is 14.6 Å². The second-order valence-electron chi connectivity index (χ2n) is 11.2. The van der Waals surface area contributed by atoms with Gasteiger partial charge in [-0.15, -0.1) is 0 Å². The van der Waals surface area contributed by atoms with E-state index in [-0.39, 0.29) is 24.6 Å². The fraction of sp³-hybridized carbons (Fsp3) is 0.367. The third-order valence-electron chi connectivity index (χ3n) is 8.73. The molecule has 0 aliphatic carbocycles. The lowest BCUT2D eigenvalue weighted by molar-refractivity contribution is -0.143. The summed E-state index contributed by atoms with van der Waals surface area (Å²) in [6.45, 7) is 1.03. The maximum Gasteiger partial charge on any atom is 0.416 e. The highest BCUT2D eigenvalue weighted by molar-refractivity contribution is 6.26. The van der Waals surface area contributed by atoms with Gasteiger partial charge in [-0.05, 0) is 37.3 Å². The minimum absolute atomic E-state index is 0.0146. The zero-order chi connectivity index (χ0) is 31.1. The van der Waals surface area contributed by atoms with Gasteiger partial charge in [0.15, 0.2) is 0 Å². The van der Waals surface area contributed by atoms with Crippen molar-refractivity contribution in [2.24, 2.45) is 11.8 Å². The number of aliphatic hydroxyl groups is 1. The normalized spacial score (nSPS) is 28.4. The van der Waals surface area contributed by atoms with E-state index in [4.69, 9.17) is 9.47 Å². The standard InChI is InChI=1S/C30H22F6N2O5/c1-27-22(39)13-28(43-27,8-9-42-18-11-16(29(31,32)33)10-17(12-18)30(34,35)36)24-23(27)25(40)38(26(24)41)21-7-6-15(14-37)19-4-2-3-5-20(19)21/h2-7,10-12,22-24,39H,8-9,13H2,1H3/t22-,23-,24+,27-,28+/m0/s1. The molecule has 3 aliphatic rings. The molecule has 0 saturated carbocycles. The van der Waals surface area contributed by atoms with Crippen LogP contribution in [0.3, 0.4) is 0 Å². The third-order valence-corrected chi connectivity index (χ3v) is 8.73. The van der Waals surface area contributed by atoms with E-state index in [1.807, 2.05) is 0 Å². The van der Waals surface area contributed by atoms with E-state index in [1.54, 1.807) is 24.3 Å². The van der Waals surface area contributed by atoms with Crippen LogP contribution in [0.4, 0.5) is 32.0 Å². The number of fused-ring (bicyclic) bond motifs is 6. The van der Waals surface area contributed by atoms with Crippen LogP contribution < -0.4 is 9.64 Å². The van der Waals surface area contributed by atoms with E-state index in [0.717, 1.165) is 4.90 Å². The Morgan fingerprint density at radius 1 is 0.977 bits per heavy atom. The number of carbonyl (C=O) groups is 2. The minimum Gasteiger partial charge on any atom is -0.493 e. The number of hydrogen-bond donors (Lipinski definition) is 1. The van der Waals surface area contributed by atoms with Gasteiger partial charge in [0.05, 0.1) is 58.6 Å². The average molecular weight is 605 g/mol. The number of ether oxygens (including phenoxy) is 2. The lowest BCUT2D eigenvalue weighted by Crippen LogP contribution is -2.49. The number of benzene rings is 3. The number of imide groups is 1. The Kier molecular flexibility index (Phi) is 6.34. The Hall–Kier alpha value is -4.15. The first-order chi connectivity index (χ1) is 20.1. The van der Waals surface area contributed by atoms with Crippen molar-refractivity contribution in [2.75, 3.05) is 11.5 Å². The second-order valence-corrected chi connectivity index (χ2v) is 11.2. The monoisotopic (exact) mass is 604 g/mol. The maximum absolute atomic E-state index is 14.0.